The number of aromatic hydroxyl groups is 1. The van der Waals surface area contributed by atoms with Gasteiger partial charge in [0.25, 0.3) is 11.5 Å². The van der Waals surface area contributed by atoms with Crippen LogP contribution in [0.5, 0.6) is 5.75 Å². The maximum atomic E-state index is 14.0. The molecular weight excluding hydrogens is 475 g/mol. The number of halogens is 5. The minimum Gasteiger partial charge on any atom is -0.507 e. The quantitative estimate of drug-likeness (QED) is 0.536. The van der Waals surface area contributed by atoms with Gasteiger partial charge < -0.3 is 15.3 Å². The molecule has 0 saturated carbocycles. The molecule has 2 N–H and O–H groups in total. The molecule has 0 spiro atoms. The summed E-state index contributed by atoms with van der Waals surface area (Å²) in [6.45, 7) is -1.49. The van der Waals surface area contributed by atoms with Crippen molar-refractivity contribution in [2.24, 2.45) is 0 Å². The Hall–Kier alpha value is -3.35. The largest absolute Gasteiger partial charge is 0.507 e. The zero-order valence-corrected chi connectivity index (χ0v) is 18.4. The lowest BCUT2D eigenvalue weighted by molar-refractivity contribution is -0.141. The minimum absolute atomic E-state index is 0.0929. The van der Waals surface area contributed by atoms with Crippen molar-refractivity contribution in [1.29, 1.82) is 0 Å². The lowest BCUT2D eigenvalue weighted by Gasteiger charge is -2.36. The van der Waals surface area contributed by atoms with E-state index in [0.717, 1.165) is 12.4 Å². The standard InChI is InChI=1S/C22H21F5N6O2/c1-32(12-4-11-8-21(23,24)18(5-12)29-11)19-3-2-15(30-31-19)13-6-16-14(7-17(13)34)20(35)33(10-28-16)9-22(25,26)27/h2-3,6-7,10-12,18,29,34H,4-5,8-9H2,1H3/t11?,12-,18?/m1/s1. The van der Waals surface area contributed by atoms with Gasteiger partial charge in [0.05, 0.1) is 29.0 Å². The van der Waals surface area contributed by atoms with Gasteiger partial charge in [-0.05, 0) is 37.1 Å². The monoisotopic (exact) mass is 496 g/mol. The van der Waals surface area contributed by atoms with E-state index in [2.05, 4.69) is 20.5 Å². The number of hydrogen-bond acceptors (Lipinski definition) is 7. The molecule has 2 aliphatic rings. The molecule has 2 bridgehead atoms. The number of piperidine rings is 1. The highest BCUT2D eigenvalue weighted by Gasteiger charge is 2.53. The molecule has 8 nitrogen and oxygen atoms in total. The van der Waals surface area contributed by atoms with Gasteiger partial charge >= 0.3 is 6.18 Å². The van der Waals surface area contributed by atoms with E-state index in [9.17, 15) is 31.9 Å². The number of alkyl halides is 5. The van der Waals surface area contributed by atoms with Gasteiger partial charge in [-0.1, -0.05) is 0 Å². The predicted molar refractivity (Wildman–Crippen MR) is 116 cm³/mol. The average molecular weight is 496 g/mol. The second-order valence-electron chi connectivity index (χ2n) is 9.07. The molecule has 13 heteroatoms. The number of fused-ring (bicyclic) bond motifs is 3. The van der Waals surface area contributed by atoms with Gasteiger partial charge in [0.15, 0.2) is 5.82 Å². The van der Waals surface area contributed by atoms with Gasteiger partial charge in [-0.25, -0.2) is 13.8 Å². The second kappa shape index (κ2) is 8.11. The summed E-state index contributed by atoms with van der Waals surface area (Å²) in [7, 11) is 1.76. The zero-order valence-electron chi connectivity index (χ0n) is 18.4. The first-order chi connectivity index (χ1) is 16.4. The highest BCUT2D eigenvalue weighted by atomic mass is 19.4. The van der Waals surface area contributed by atoms with Gasteiger partial charge in [-0.3, -0.25) is 9.36 Å². The fourth-order valence-corrected chi connectivity index (χ4v) is 4.89. The molecule has 2 saturated heterocycles. The van der Waals surface area contributed by atoms with E-state index in [0.29, 0.717) is 16.8 Å². The zero-order chi connectivity index (χ0) is 25.1. The molecule has 0 amide bonds. The van der Waals surface area contributed by atoms with Crippen molar-refractivity contribution in [3.05, 3.63) is 40.9 Å². The number of hydrogen-bond donors (Lipinski definition) is 2. The van der Waals surface area contributed by atoms with E-state index in [1.54, 1.807) is 19.2 Å². The molecule has 1 aromatic carbocycles. The van der Waals surface area contributed by atoms with E-state index in [1.165, 1.54) is 6.07 Å². The molecular formula is C22H21F5N6O2. The average Bonchev–Trinajstić information content (AvgIpc) is 3.00. The molecule has 3 atom stereocenters. The summed E-state index contributed by atoms with van der Waals surface area (Å²) in [6, 6.07) is 4.35. The number of rotatable bonds is 4. The summed E-state index contributed by atoms with van der Waals surface area (Å²) in [5.41, 5.74) is -0.395. The third-order valence-electron chi connectivity index (χ3n) is 6.66. The van der Waals surface area contributed by atoms with Crippen molar-refractivity contribution >= 4 is 16.7 Å². The van der Waals surface area contributed by atoms with Crippen LogP contribution < -0.4 is 15.8 Å². The van der Waals surface area contributed by atoms with Crippen LogP contribution in [0.2, 0.25) is 0 Å². The Labute approximate surface area is 195 Å². The fourth-order valence-electron chi connectivity index (χ4n) is 4.89. The van der Waals surface area contributed by atoms with Crippen LogP contribution in [0.1, 0.15) is 19.3 Å². The molecule has 0 radical (unpaired) electrons. The Kier molecular flexibility index (Phi) is 5.42. The van der Waals surface area contributed by atoms with E-state index in [1.807, 2.05) is 4.90 Å². The summed E-state index contributed by atoms with van der Waals surface area (Å²) >= 11 is 0. The van der Waals surface area contributed by atoms with Gasteiger partial charge in [0.1, 0.15) is 12.3 Å². The van der Waals surface area contributed by atoms with Crippen LogP contribution in [0, 0.1) is 0 Å². The Balaban J connectivity index is 1.39. The Bertz CT molecular complexity index is 1330. The molecule has 4 heterocycles. The lowest BCUT2D eigenvalue weighted by Crippen LogP contribution is -2.49. The van der Waals surface area contributed by atoms with Crippen LogP contribution >= 0.6 is 0 Å². The van der Waals surface area contributed by atoms with Gasteiger partial charge in [-0.15, -0.1) is 10.2 Å². The Morgan fingerprint density at radius 2 is 2.00 bits per heavy atom. The van der Waals surface area contributed by atoms with Crippen LogP contribution in [0.15, 0.2) is 35.4 Å². The first-order valence-electron chi connectivity index (χ1n) is 10.9. The first-order valence-corrected chi connectivity index (χ1v) is 10.9. The third-order valence-corrected chi connectivity index (χ3v) is 6.66. The molecule has 2 aliphatic heterocycles. The molecule has 2 unspecified atom stereocenters. The molecule has 5 rings (SSSR count). The predicted octanol–water partition coefficient (Wildman–Crippen LogP) is 3.09. The first kappa shape index (κ1) is 23.4. The van der Waals surface area contributed by atoms with Crippen LogP contribution in [-0.4, -0.2) is 62.1 Å². The number of aromatic nitrogens is 4. The van der Waals surface area contributed by atoms with E-state index in [4.69, 9.17) is 0 Å². The van der Waals surface area contributed by atoms with Crippen molar-refractivity contribution in [1.82, 2.24) is 25.1 Å². The number of phenolic OH excluding ortho intramolecular Hbond substituents is 1. The van der Waals surface area contributed by atoms with Crippen molar-refractivity contribution in [3.63, 3.8) is 0 Å². The normalized spacial score (nSPS) is 23.5. The van der Waals surface area contributed by atoms with Crippen molar-refractivity contribution in [2.45, 2.75) is 56.0 Å². The van der Waals surface area contributed by atoms with Crippen molar-refractivity contribution < 1.29 is 27.1 Å². The van der Waals surface area contributed by atoms with Gasteiger partial charge in [0, 0.05) is 31.1 Å². The summed E-state index contributed by atoms with van der Waals surface area (Å²) < 4.78 is 66.5. The van der Waals surface area contributed by atoms with Crippen LogP contribution in [0.3, 0.4) is 0 Å². The highest BCUT2D eigenvalue weighted by Crippen LogP contribution is 2.41. The van der Waals surface area contributed by atoms with Gasteiger partial charge in [-0.2, -0.15) is 13.2 Å². The minimum atomic E-state index is -4.60. The molecule has 0 aliphatic carbocycles. The molecule has 3 aromatic rings. The number of benzene rings is 1. The summed E-state index contributed by atoms with van der Waals surface area (Å²) in [4.78, 5) is 18.1. The van der Waals surface area contributed by atoms with E-state index >= 15 is 0 Å². The molecule has 2 fully saturated rings. The van der Waals surface area contributed by atoms with Crippen LogP contribution in [0.4, 0.5) is 27.8 Å². The van der Waals surface area contributed by atoms with Crippen molar-refractivity contribution in [2.75, 3.05) is 11.9 Å². The fraction of sp³-hybridized carbons (Fsp3) is 0.455. The second-order valence-corrected chi connectivity index (χ2v) is 9.07. The Morgan fingerprint density at radius 1 is 1.23 bits per heavy atom. The molecule has 2 aromatic heterocycles. The van der Waals surface area contributed by atoms with Gasteiger partial charge in [0.2, 0.25) is 0 Å². The van der Waals surface area contributed by atoms with Crippen LogP contribution in [0.25, 0.3) is 22.2 Å². The maximum Gasteiger partial charge on any atom is 0.406 e. The number of anilines is 1. The van der Waals surface area contributed by atoms with Crippen molar-refractivity contribution in [3.8, 4) is 17.0 Å². The topological polar surface area (TPSA) is 96.2 Å². The molecule has 35 heavy (non-hydrogen) atoms. The maximum absolute atomic E-state index is 14.0. The van der Waals surface area contributed by atoms with E-state index in [-0.39, 0.29) is 52.8 Å². The summed E-state index contributed by atoms with van der Waals surface area (Å²) in [5, 5.41) is 21.5. The third kappa shape index (κ3) is 4.40. The number of phenols is 1. The number of nitrogens with one attached hydrogen (secondary N) is 1. The summed E-state index contributed by atoms with van der Waals surface area (Å²) in [6.07, 6.45) is -3.15. The summed E-state index contributed by atoms with van der Waals surface area (Å²) in [5.74, 6) is -2.63. The Morgan fingerprint density at radius 3 is 2.66 bits per heavy atom. The molecule has 186 valence electrons. The smallest absolute Gasteiger partial charge is 0.406 e. The highest BCUT2D eigenvalue weighted by molar-refractivity contribution is 5.86. The van der Waals surface area contributed by atoms with Crippen LogP contribution in [-0.2, 0) is 6.54 Å². The lowest BCUT2D eigenvalue weighted by atomic mass is 9.98. The van der Waals surface area contributed by atoms with E-state index < -0.39 is 30.2 Å². The number of nitrogens with zero attached hydrogens (tertiary/aromatic N) is 5. The SMILES string of the molecule is CN(c1ccc(-c2cc3ncn(CC(F)(F)F)c(=O)c3cc2O)nn1)[C@@H]1CC2CC(F)(F)C(C1)N2.